The summed E-state index contributed by atoms with van der Waals surface area (Å²) in [5.41, 5.74) is 0.773. The highest BCUT2D eigenvalue weighted by atomic mass is 32.1. The van der Waals surface area contributed by atoms with Crippen LogP contribution in [0.3, 0.4) is 0 Å². The third kappa shape index (κ3) is 4.07. The van der Waals surface area contributed by atoms with Crippen molar-refractivity contribution in [2.75, 3.05) is 19.8 Å². The normalized spacial score (nSPS) is 13.8. The topological polar surface area (TPSA) is 79.1 Å². The number of rotatable bonds is 6. The predicted molar refractivity (Wildman–Crippen MR) is 97.5 cm³/mol. The lowest BCUT2D eigenvalue weighted by Gasteiger charge is -2.18. The number of fused-ring (bicyclic) bond motifs is 2. The largest absolute Gasteiger partial charge is 0.486 e. The van der Waals surface area contributed by atoms with Gasteiger partial charge in [-0.25, -0.2) is 0 Å². The molecular formula is C18H22N2O5S. The van der Waals surface area contributed by atoms with Gasteiger partial charge in [-0.15, -0.1) is 0 Å². The van der Waals surface area contributed by atoms with Gasteiger partial charge in [0.05, 0.1) is 16.8 Å². The van der Waals surface area contributed by atoms with Crippen LogP contribution in [-0.2, 0) is 20.9 Å². The summed E-state index contributed by atoms with van der Waals surface area (Å²) in [5, 5.41) is 0. The molecular weight excluding hydrogens is 356 g/mol. The number of aromatic nitrogens is 1. The highest BCUT2D eigenvalue weighted by Gasteiger charge is 2.18. The number of hydrogen-bond acceptors (Lipinski definition) is 6. The van der Waals surface area contributed by atoms with Crippen LogP contribution in [0.25, 0.3) is 10.2 Å². The van der Waals surface area contributed by atoms with Crippen LogP contribution in [-0.4, -0.2) is 36.3 Å². The zero-order valence-electron chi connectivity index (χ0n) is 14.9. The van der Waals surface area contributed by atoms with E-state index in [9.17, 15) is 9.59 Å². The third-order valence-corrected chi connectivity index (χ3v) is 4.94. The molecule has 0 atom stereocenters. The number of unbranched alkanes of at least 4 members (excludes halogenated alkanes) is 1. The molecule has 1 aliphatic rings. The van der Waals surface area contributed by atoms with Crippen LogP contribution in [0.4, 0.5) is 0 Å². The molecule has 3 rings (SSSR count). The van der Waals surface area contributed by atoms with Gasteiger partial charge < -0.3 is 18.8 Å². The van der Waals surface area contributed by atoms with Crippen LogP contribution in [0, 0.1) is 0 Å². The predicted octanol–water partition coefficient (Wildman–Crippen LogP) is 2.65. The average molecular weight is 378 g/mol. The minimum absolute atomic E-state index is 0.00657. The standard InChI is InChI=1S/C18H22N2O5S/c1-3-5-6-16(21)19-18-20(11-17(22)23-4-2)12-9-13-14(10-15(12)26-18)25-8-7-24-13/h9-10H,3-8,11H2,1-2H3. The van der Waals surface area contributed by atoms with Gasteiger partial charge in [0.25, 0.3) is 0 Å². The average Bonchev–Trinajstić information content (AvgIpc) is 2.94. The minimum atomic E-state index is -0.371. The molecule has 0 saturated heterocycles. The van der Waals surface area contributed by atoms with E-state index in [0.717, 1.165) is 23.1 Å². The van der Waals surface area contributed by atoms with Crippen molar-refractivity contribution in [1.82, 2.24) is 4.57 Å². The van der Waals surface area contributed by atoms with Crippen molar-refractivity contribution >= 4 is 33.4 Å². The molecule has 0 N–H and O–H groups in total. The van der Waals surface area contributed by atoms with E-state index in [4.69, 9.17) is 14.2 Å². The summed E-state index contributed by atoms with van der Waals surface area (Å²) in [6.07, 6.45) is 2.12. The molecule has 0 radical (unpaired) electrons. The van der Waals surface area contributed by atoms with E-state index >= 15 is 0 Å². The summed E-state index contributed by atoms with van der Waals surface area (Å²) in [6, 6.07) is 3.70. The van der Waals surface area contributed by atoms with Crippen molar-refractivity contribution in [3.63, 3.8) is 0 Å². The van der Waals surface area contributed by atoms with Crippen LogP contribution < -0.4 is 14.3 Å². The van der Waals surface area contributed by atoms with Gasteiger partial charge in [0.15, 0.2) is 16.3 Å². The van der Waals surface area contributed by atoms with Gasteiger partial charge in [-0.1, -0.05) is 24.7 Å². The summed E-state index contributed by atoms with van der Waals surface area (Å²) in [4.78, 5) is 28.9. The Kier molecular flexibility index (Phi) is 5.92. The van der Waals surface area contributed by atoms with E-state index in [1.165, 1.54) is 11.3 Å². The number of carbonyl (C=O) groups excluding carboxylic acids is 2. The quantitative estimate of drug-likeness (QED) is 0.722. The molecule has 1 aliphatic heterocycles. The molecule has 0 aliphatic carbocycles. The fraction of sp³-hybridized carbons (Fsp3) is 0.500. The number of ether oxygens (including phenoxy) is 3. The van der Waals surface area contributed by atoms with Crippen molar-refractivity contribution < 1.29 is 23.8 Å². The van der Waals surface area contributed by atoms with Gasteiger partial charge in [-0.2, -0.15) is 4.99 Å². The van der Waals surface area contributed by atoms with Crippen molar-refractivity contribution in [2.45, 2.75) is 39.7 Å². The second kappa shape index (κ2) is 8.35. The maximum absolute atomic E-state index is 12.1. The summed E-state index contributed by atoms with van der Waals surface area (Å²) >= 11 is 1.35. The number of amides is 1. The maximum Gasteiger partial charge on any atom is 0.326 e. The second-order valence-corrected chi connectivity index (χ2v) is 6.86. The first kappa shape index (κ1) is 18.4. The first-order chi connectivity index (χ1) is 12.6. The lowest BCUT2D eigenvalue weighted by molar-refractivity contribution is -0.143. The summed E-state index contributed by atoms with van der Waals surface area (Å²) in [5.74, 6) is 0.734. The van der Waals surface area contributed by atoms with E-state index < -0.39 is 0 Å². The van der Waals surface area contributed by atoms with Gasteiger partial charge in [0.2, 0.25) is 5.91 Å². The smallest absolute Gasteiger partial charge is 0.326 e. The molecule has 1 aromatic heterocycles. The molecule has 1 amide bonds. The van der Waals surface area contributed by atoms with Gasteiger partial charge in [-0.05, 0) is 13.3 Å². The summed E-state index contributed by atoms with van der Waals surface area (Å²) in [6.45, 7) is 5.06. The monoisotopic (exact) mass is 378 g/mol. The molecule has 2 aromatic rings. The molecule has 0 fully saturated rings. The van der Waals surface area contributed by atoms with Crippen molar-refractivity contribution in [2.24, 2.45) is 4.99 Å². The Bertz CT molecular complexity index is 884. The maximum atomic E-state index is 12.1. The van der Waals surface area contributed by atoms with Gasteiger partial charge in [0, 0.05) is 18.6 Å². The van der Waals surface area contributed by atoms with Gasteiger partial charge >= 0.3 is 5.97 Å². The van der Waals surface area contributed by atoms with E-state index in [0.29, 0.717) is 42.5 Å². The first-order valence-corrected chi connectivity index (χ1v) is 9.60. The number of hydrogen-bond donors (Lipinski definition) is 0. The number of carbonyl (C=O) groups is 2. The Morgan fingerprint density at radius 3 is 2.65 bits per heavy atom. The van der Waals surface area contributed by atoms with Gasteiger partial charge in [-0.3, -0.25) is 9.59 Å². The Morgan fingerprint density at radius 1 is 1.23 bits per heavy atom. The second-order valence-electron chi connectivity index (χ2n) is 5.85. The highest BCUT2D eigenvalue weighted by molar-refractivity contribution is 7.16. The van der Waals surface area contributed by atoms with Crippen LogP contribution in [0.15, 0.2) is 17.1 Å². The summed E-state index contributed by atoms with van der Waals surface area (Å²) in [7, 11) is 0. The van der Waals surface area contributed by atoms with Crippen molar-refractivity contribution in [3.8, 4) is 11.5 Å². The Balaban J connectivity index is 2.07. The van der Waals surface area contributed by atoms with Crippen LogP contribution >= 0.6 is 11.3 Å². The third-order valence-electron chi connectivity index (χ3n) is 3.90. The molecule has 0 spiro atoms. The van der Waals surface area contributed by atoms with Crippen molar-refractivity contribution in [3.05, 3.63) is 16.9 Å². The lowest BCUT2D eigenvalue weighted by atomic mass is 10.2. The Morgan fingerprint density at radius 2 is 1.96 bits per heavy atom. The van der Waals surface area contributed by atoms with Gasteiger partial charge in [0.1, 0.15) is 19.8 Å². The zero-order chi connectivity index (χ0) is 18.5. The first-order valence-electron chi connectivity index (χ1n) is 8.78. The molecule has 0 bridgehead atoms. The molecule has 1 aromatic carbocycles. The van der Waals surface area contributed by atoms with Crippen molar-refractivity contribution in [1.29, 1.82) is 0 Å². The minimum Gasteiger partial charge on any atom is -0.486 e. The van der Waals surface area contributed by atoms with E-state index in [-0.39, 0.29) is 18.4 Å². The zero-order valence-corrected chi connectivity index (χ0v) is 15.8. The van der Waals surface area contributed by atoms with Crippen LogP contribution in [0.2, 0.25) is 0 Å². The fourth-order valence-corrected chi connectivity index (χ4v) is 3.73. The molecule has 7 nitrogen and oxygen atoms in total. The molecule has 0 saturated carbocycles. The van der Waals surface area contributed by atoms with E-state index in [1.54, 1.807) is 11.5 Å². The van der Waals surface area contributed by atoms with Crippen LogP contribution in [0.1, 0.15) is 33.1 Å². The highest BCUT2D eigenvalue weighted by Crippen LogP contribution is 2.35. The number of benzene rings is 1. The molecule has 8 heteroatoms. The Labute approximate surface area is 155 Å². The SMILES string of the molecule is CCCCC(=O)N=c1sc2cc3c(cc2n1CC(=O)OCC)OCCO3. The van der Waals surface area contributed by atoms with Crippen LogP contribution in [0.5, 0.6) is 11.5 Å². The molecule has 2 heterocycles. The number of nitrogens with zero attached hydrogens (tertiary/aromatic N) is 2. The van der Waals surface area contributed by atoms with E-state index in [1.807, 2.05) is 19.1 Å². The Hall–Kier alpha value is -2.35. The fourth-order valence-electron chi connectivity index (χ4n) is 2.67. The molecule has 0 unspecified atom stereocenters. The van der Waals surface area contributed by atoms with E-state index in [2.05, 4.69) is 4.99 Å². The number of thiazole rings is 1. The molecule has 26 heavy (non-hydrogen) atoms. The lowest BCUT2D eigenvalue weighted by Crippen LogP contribution is -2.23. The molecule has 140 valence electrons. The number of esters is 1. The summed E-state index contributed by atoms with van der Waals surface area (Å²) < 4.78 is 18.9.